The smallest absolute Gasteiger partial charge is 0.161 e. The summed E-state index contributed by atoms with van der Waals surface area (Å²) in [6.07, 6.45) is 1.34. The maximum absolute atomic E-state index is 11.8. The van der Waals surface area contributed by atoms with Gasteiger partial charge in [0.15, 0.2) is 9.84 Å². The zero-order chi connectivity index (χ0) is 10.4. The van der Waals surface area contributed by atoms with E-state index >= 15 is 0 Å². The molecule has 1 aromatic rings. The molecule has 3 N–H and O–H groups in total. The summed E-state index contributed by atoms with van der Waals surface area (Å²) >= 11 is 0. The lowest BCUT2D eigenvalue weighted by molar-refractivity contribution is 0.541. The van der Waals surface area contributed by atoms with Crippen molar-refractivity contribution < 1.29 is 8.42 Å². The Balaban J connectivity index is 2.52. The van der Waals surface area contributed by atoms with Crippen LogP contribution in [-0.2, 0) is 14.6 Å². The summed E-state index contributed by atoms with van der Waals surface area (Å²) in [6, 6.07) is 1.60. The van der Waals surface area contributed by atoms with Gasteiger partial charge in [0.2, 0.25) is 0 Å². The van der Waals surface area contributed by atoms with Gasteiger partial charge in [0.05, 0.1) is 11.4 Å². The summed E-state index contributed by atoms with van der Waals surface area (Å²) in [7, 11) is -3.05. The van der Waals surface area contributed by atoms with Crippen LogP contribution in [0.4, 0.5) is 5.82 Å². The van der Waals surface area contributed by atoms with E-state index in [0.717, 1.165) is 0 Å². The van der Waals surface area contributed by atoms with Crippen LogP contribution in [0.5, 0.6) is 0 Å². The Bertz CT molecular complexity index is 451. The van der Waals surface area contributed by atoms with Crippen molar-refractivity contribution in [3.8, 4) is 0 Å². The van der Waals surface area contributed by atoms with Crippen molar-refractivity contribution in [2.45, 2.75) is 24.5 Å². The molecule has 0 amide bonds. The molecule has 1 fully saturated rings. The molecule has 78 valence electrons. The molecule has 6 heteroatoms. The number of sulfone groups is 1. The number of H-pyrrole nitrogens is 1. The van der Waals surface area contributed by atoms with Gasteiger partial charge in [-0.2, -0.15) is 5.10 Å². The monoisotopic (exact) mass is 215 g/mol. The molecule has 0 aliphatic carbocycles. The lowest BCUT2D eigenvalue weighted by atomic mass is 10.0. The lowest BCUT2D eigenvalue weighted by Gasteiger charge is -2.20. The number of nitrogen functional groups attached to an aromatic ring is 1. The van der Waals surface area contributed by atoms with Crippen molar-refractivity contribution in [3.05, 3.63) is 11.8 Å². The predicted molar refractivity (Wildman–Crippen MR) is 53.4 cm³/mol. The van der Waals surface area contributed by atoms with Gasteiger partial charge in [-0.3, -0.25) is 5.10 Å². The molecule has 1 aromatic heterocycles. The van der Waals surface area contributed by atoms with Crippen molar-refractivity contribution >= 4 is 15.7 Å². The summed E-state index contributed by atoms with van der Waals surface area (Å²) in [5.74, 6) is 0.589. The van der Waals surface area contributed by atoms with E-state index in [1.165, 1.54) is 0 Å². The number of nitrogens with one attached hydrogen (secondary N) is 1. The third kappa shape index (κ3) is 1.13. The van der Waals surface area contributed by atoms with Crippen LogP contribution < -0.4 is 5.73 Å². The highest BCUT2D eigenvalue weighted by molar-refractivity contribution is 7.92. The molecule has 0 radical (unpaired) electrons. The normalized spacial score (nSPS) is 30.6. The second-order valence-electron chi connectivity index (χ2n) is 3.86. The molecular weight excluding hydrogens is 202 g/mol. The van der Waals surface area contributed by atoms with Crippen molar-refractivity contribution in [3.63, 3.8) is 0 Å². The van der Waals surface area contributed by atoms with E-state index in [9.17, 15) is 8.42 Å². The fourth-order valence-electron chi connectivity index (χ4n) is 1.89. The highest BCUT2D eigenvalue weighted by Crippen LogP contribution is 2.40. The van der Waals surface area contributed by atoms with E-state index in [-0.39, 0.29) is 5.75 Å². The molecule has 0 aromatic carbocycles. The first-order valence-corrected chi connectivity index (χ1v) is 6.15. The van der Waals surface area contributed by atoms with Crippen LogP contribution in [0.25, 0.3) is 0 Å². The zero-order valence-electron chi connectivity index (χ0n) is 7.95. The molecule has 1 atom stereocenters. The molecule has 1 aliphatic heterocycles. The van der Waals surface area contributed by atoms with Gasteiger partial charge >= 0.3 is 0 Å². The molecule has 0 bridgehead atoms. The SMILES string of the molecule is CC1(c2cc(N)n[nH]2)CCCS1(=O)=O. The summed E-state index contributed by atoms with van der Waals surface area (Å²) in [5, 5.41) is 6.45. The van der Waals surface area contributed by atoms with Crippen molar-refractivity contribution in [2.75, 3.05) is 11.5 Å². The number of aromatic amines is 1. The van der Waals surface area contributed by atoms with Gasteiger partial charge in [-0.25, -0.2) is 8.42 Å². The van der Waals surface area contributed by atoms with Crippen LogP contribution in [-0.4, -0.2) is 24.4 Å². The van der Waals surface area contributed by atoms with E-state index < -0.39 is 14.6 Å². The summed E-state index contributed by atoms with van der Waals surface area (Å²) in [5.41, 5.74) is 6.06. The Morgan fingerprint density at radius 1 is 1.64 bits per heavy atom. The van der Waals surface area contributed by atoms with Gasteiger partial charge in [0.25, 0.3) is 0 Å². The van der Waals surface area contributed by atoms with Gasteiger partial charge in [-0.15, -0.1) is 0 Å². The number of nitrogens with two attached hydrogens (primary N) is 1. The Morgan fingerprint density at radius 3 is 2.79 bits per heavy atom. The largest absolute Gasteiger partial charge is 0.382 e. The van der Waals surface area contributed by atoms with Crippen molar-refractivity contribution in [1.82, 2.24) is 10.2 Å². The van der Waals surface area contributed by atoms with Crippen molar-refractivity contribution in [1.29, 1.82) is 0 Å². The Labute approximate surface area is 82.6 Å². The molecule has 2 heterocycles. The maximum atomic E-state index is 11.8. The van der Waals surface area contributed by atoms with Crippen LogP contribution >= 0.6 is 0 Å². The number of aromatic nitrogens is 2. The molecule has 1 saturated heterocycles. The van der Waals surface area contributed by atoms with Crippen LogP contribution in [0.1, 0.15) is 25.5 Å². The summed E-state index contributed by atoms with van der Waals surface area (Å²) < 4.78 is 22.8. The second kappa shape index (κ2) is 2.73. The molecule has 5 nitrogen and oxygen atoms in total. The Kier molecular flexibility index (Phi) is 1.85. The predicted octanol–water partition coefficient (Wildman–Crippen LogP) is 0.416. The van der Waals surface area contributed by atoms with E-state index in [2.05, 4.69) is 10.2 Å². The lowest BCUT2D eigenvalue weighted by Crippen LogP contribution is -2.28. The zero-order valence-corrected chi connectivity index (χ0v) is 8.76. The first-order valence-electron chi connectivity index (χ1n) is 4.49. The average Bonchev–Trinajstić information content (AvgIpc) is 2.60. The molecule has 0 spiro atoms. The van der Waals surface area contributed by atoms with Gasteiger partial charge in [0, 0.05) is 6.07 Å². The molecule has 1 aliphatic rings. The van der Waals surface area contributed by atoms with Gasteiger partial charge in [-0.1, -0.05) is 0 Å². The van der Waals surface area contributed by atoms with Gasteiger partial charge in [-0.05, 0) is 19.8 Å². The quantitative estimate of drug-likeness (QED) is 0.710. The molecule has 2 rings (SSSR count). The average molecular weight is 215 g/mol. The van der Waals surface area contributed by atoms with Crippen LogP contribution in [0, 0.1) is 0 Å². The minimum atomic E-state index is -3.05. The molecule has 0 saturated carbocycles. The topological polar surface area (TPSA) is 88.8 Å². The number of anilines is 1. The molecular formula is C8H13N3O2S. The van der Waals surface area contributed by atoms with Crippen LogP contribution in [0.3, 0.4) is 0 Å². The number of hydrogen-bond acceptors (Lipinski definition) is 4. The minimum Gasteiger partial charge on any atom is -0.382 e. The van der Waals surface area contributed by atoms with Crippen LogP contribution in [0.2, 0.25) is 0 Å². The van der Waals surface area contributed by atoms with E-state index in [1.807, 2.05) is 0 Å². The van der Waals surface area contributed by atoms with Gasteiger partial charge < -0.3 is 5.73 Å². The molecule has 1 unspecified atom stereocenters. The third-order valence-electron chi connectivity index (χ3n) is 2.92. The number of nitrogens with zero attached hydrogens (tertiary/aromatic N) is 1. The molecule has 14 heavy (non-hydrogen) atoms. The minimum absolute atomic E-state index is 0.252. The summed E-state index contributed by atoms with van der Waals surface area (Å²) in [6.45, 7) is 1.72. The van der Waals surface area contributed by atoms with E-state index in [4.69, 9.17) is 5.73 Å². The van der Waals surface area contributed by atoms with Gasteiger partial charge in [0.1, 0.15) is 10.6 Å². The van der Waals surface area contributed by atoms with E-state index in [0.29, 0.717) is 24.4 Å². The highest BCUT2D eigenvalue weighted by atomic mass is 32.2. The summed E-state index contributed by atoms with van der Waals surface area (Å²) in [4.78, 5) is 0. The maximum Gasteiger partial charge on any atom is 0.161 e. The van der Waals surface area contributed by atoms with Crippen LogP contribution in [0.15, 0.2) is 6.07 Å². The first kappa shape index (κ1) is 9.51. The fraction of sp³-hybridized carbons (Fsp3) is 0.625. The second-order valence-corrected chi connectivity index (χ2v) is 6.40. The standard InChI is InChI=1S/C8H13N3O2S/c1-8(3-2-4-14(8,12)13)6-5-7(9)11-10-6/h5H,2-4H2,1H3,(H3,9,10,11). The number of rotatable bonds is 1. The number of hydrogen-bond donors (Lipinski definition) is 2. The fourth-order valence-corrected chi connectivity index (χ4v) is 3.76. The third-order valence-corrected chi connectivity index (χ3v) is 5.54. The Hall–Kier alpha value is -1.04. The van der Waals surface area contributed by atoms with Crippen molar-refractivity contribution in [2.24, 2.45) is 0 Å². The highest BCUT2D eigenvalue weighted by Gasteiger charge is 2.46. The Morgan fingerprint density at radius 2 is 2.36 bits per heavy atom. The van der Waals surface area contributed by atoms with E-state index in [1.54, 1.807) is 13.0 Å². The first-order chi connectivity index (χ1) is 6.46.